The molecule has 1 aromatic rings. The van der Waals surface area contributed by atoms with Crippen molar-refractivity contribution in [2.75, 3.05) is 13.1 Å². The highest BCUT2D eigenvalue weighted by atomic mass is 15.2. The Morgan fingerprint density at radius 3 is 2.61 bits per heavy atom. The summed E-state index contributed by atoms with van der Waals surface area (Å²) in [5.74, 6) is 0.730. The van der Waals surface area contributed by atoms with Crippen molar-refractivity contribution in [2.45, 2.75) is 45.2 Å². The smallest absolute Gasteiger partial charge is 0.0325 e. The number of hydrogen-bond acceptors (Lipinski definition) is 2. The molecule has 18 heavy (non-hydrogen) atoms. The van der Waals surface area contributed by atoms with Crippen molar-refractivity contribution >= 4 is 0 Å². The van der Waals surface area contributed by atoms with Gasteiger partial charge in [-0.2, -0.15) is 0 Å². The fraction of sp³-hybridized carbons (Fsp3) is 0.625. The van der Waals surface area contributed by atoms with E-state index in [0.29, 0.717) is 6.04 Å². The maximum absolute atomic E-state index is 5.74. The largest absolute Gasteiger partial charge is 0.330 e. The minimum absolute atomic E-state index is 0.259. The minimum Gasteiger partial charge on any atom is -0.330 e. The molecule has 0 amide bonds. The van der Waals surface area contributed by atoms with Gasteiger partial charge in [-0.25, -0.2) is 0 Å². The van der Waals surface area contributed by atoms with Crippen molar-refractivity contribution in [1.82, 2.24) is 4.90 Å². The molecule has 1 aromatic carbocycles. The molecule has 1 heterocycles. The maximum Gasteiger partial charge on any atom is 0.0325 e. The molecule has 2 N–H and O–H groups in total. The fourth-order valence-corrected chi connectivity index (χ4v) is 3.47. The van der Waals surface area contributed by atoms with Crippen LogP contribution < -0.4 is 5.73 Å². The van der Waals surface area contributed by atoms with Crippen LogP contribution in [-0.4, -0.2) is 23.5 Å². The van der Waals surface area contributed by atoms with Gasteiger partial charge in [-0.15, -0.1) is 0 Å². The monoisotopic (exact) mass is 246 g/mol. The number of benzene rings is 1. The predicted octanol–water partition coefficient (Wildman–Crippen LogP) is 3.20. The average Bonchev–Trinajstić information content (AvgIpc) is 2.66. The van der Waals surface area contributed by atoms with Gasteiger partial charge >= 0.3 is 0 Å². The number of nitrogens with two attached hydrogens (primary N) is 1. The Morgan fingerprint density at radius 2 is 2.00 bits per heavy atom. The van der Waals surface area contributed by atoms with Crippen molar-refractivity contribution in [3.05, 3.63) is 35.9 Å². The first-order valence-corrected chi connectivity index (χ1v) is 7.09. The summed E-state index contributed by atoms with van der Waals surface area (Å²) in [5.41, 5.74) is 7.42. The van der Waals surface area contributed by atoms with Gasteiger partial charge in [0.1, 0.15) is 0 Å². The molecule has 1 aliphatic rings. The van der Waals surface area contributed by atoms with Crippen LogP contribution in [-0.2, 0) is 0 Å². The second-order valence-electron chi connectivity index (χ2n) is 6.00. The van der Waals surface area contributed by atoms with Gasteiger partial charge in [-0.3, -0.25) is 4.90 Å². The molecule has 1 aliphatic heterocycles. The molecule has 0 bridgehead atoms. The zero-order chi connectivity index (χ0) is 13.2. The summed E-state index contributed by atoms with van der Waals surface area (Å²) in [6.45, 7) is 9.07. The summed E-state index contributed by atoms with van der Waals surface area (Å²) in [5, 5.41) is 0. The Kier molecular flexibility index (Phi) is 4.08. The van der Waals surface area contributed by atoms with Gasteiger partial charge in [0.15, 0.2) is 0 Å². The Morgan fingerprint density at radius 1 is 1.33 bits per heavy atom. The molecule has 2 rings (SSSR count). The number of hydrogen-bond donors (Lipinski definition) is 1. The van der Waals surface area contributed by atoms with Crippen molar-refractivity contribution < 1.29 is 0 Å². The van der Waals surface area contributed by atoms with Crippen LogP contribution in [0.15, 0.2) is 30.3 Å². The molecule has 100 valence electrons. The molecule has 0 spiro atoms. The van der Waals surface area contributed by atoms with Gasteiger partial charge in [0.25, 0.3) is 0 Å². The SMILES string of the molecule is CC(c1ccccc1)N1CCC(CCN)C1(C)C. The lowest BCUT2D eigenvalue weighted by molar-refractivity contribution is 0.0940. The van der Waals surface area contributed by atoms with Crippen molar-refractivity contribution in [3.8, 4) is 0 Å². The average molecular weight is 246 g/mol. The zero-order valence-corrected chi connectivity index (χ0v) is 11.9. The van der Waals surface area contributed by atoms with Gasteiger partial charge in [-0.05, 0) is 58.2 Å². The summed E-state index contributed by atoms with van der Waals surface area (Å²) in [4.78, 5) is 2.64. The molecule has 1 saturated heterocycles. The van der Waals surface area contributed by atoms with E-state index in [2.05, 4.69) is 56.0 Å². The molecule has 2 nitrogen and oxygen atoms in total. The summed E-state index contributed by atoms with van der Waals surface area (Å²) < 4.78 is 0. The van der Waals surface area contributed by atoms with E-state index in [4.69, 9.17) is 5.73 Å². The second kappa shape index (κ2) is 5.41. The predicted molar refractivity (Wildman–Crippen MR) is 77.4 cm³/mol. The highest BCUT2D eigenvalue weighted by Crippen LogP contribution is 2.41. The van der Waals surface area contributed by atoms with Crippen LogP contribution in [0.5, 0.6) is 0 Å². The van der Waals surface area contributed by atoms with E-state index in [0.717, 1.165) is 18.9 Å². The maximum atomic E-state index is 5.74. The van der Waals surface area contributed by atoms with Crippen molar-refractivity contribution in [2.24, 2.45) is 11.7 Å². The zero-order valence-electron chi connectivity index (χ0n) is 11.9. The standard InChI is InChI=1S/C16H26N2/c1-13(14-7-5-4-6-8-14)18-12-10-15(9-11-17)16(18,2)3/h4-8,13,15H,9-12,17H2,1-3H3. The summed E-state index contributed by atoms with van der Waals surface area (Å²) in [6.07, 6.45) is 2.42. The molecular formula is C16H26N2. The Labute approximate surface area is 111 Å². The topological polar surface area (TPSA) is 29.3 Å². The van der Waals surface area contributed by atoms with E-state index in [1.165, 1.54) is 18.5 Å². The van der Waals surface area contributed by atoms with Gasteiger partial charge in [0.05, 0.1) is 0 Å². The van der Waals surface area contributed by atoms with Crippen LogP contribution in [0.3, 0.4) is 0 Å². The summed E-state index contributed by atoms with van der Waals surface area (Å²) >= 11 is 0. The molecular weight excluding hydrogens is 220 g/mol. The van der Waals surface area contributed by atoms with Crippen LogP contribution in [0.25, 0.3) is 0 Å². The van der Waals surface area contributed by atoms with E-state index in [-0.39, 0.29) is 5.54 Å². The lowest BCUT2D eigenvalue weighted by Gasteiger charge is -2.40. The minimum atomic E-state index is 0.259. The van der Waals surface area contributed by atoms with Crippen LogP contribution in [0.1, 0.15) is 45.2 Å². The number of nitrogens with zero attached hydrogens (tertiary/aromatic N) is 1. The Bertz CT molecular complexity index is 372. The molecule has 2 atom stereocenters. The van der Waals surface area contributed by atoms with E-state index in [1.54, 1.807) is 0 Å². The summed E-state index contributed by atoms with van der Waals surface area (Å²) in [7, 11) is 0. The van der Waals surface area contributed by atoms with E-state index >= 15 is 0 Å². The third-order valence-corrected chi connectivity index (χ3v) is 4.72. The van der Waals surface area contributed by atoms with Crippen LogP contribution >= 0.6 is 0 Å². The third-order valence-electron chi connectivity index (χ3n) is 4.72. The Hall–Kier alpha value is -0.860. The summed E-state index contributed by atoms with van der Waals surface area (Å²) in [6, 6.07) is 11.3. The normalized spacial score (nSPS) is 25.2. The van der Waals surface area contributed by atoms with Crippen LogP contribution in [0.2, 0.25) is 0 Å². The molecule has 0 aromatic heterocycles. The molecule has 0 radical (unpaired) electrons. The quantitative estimate of drug-likeness (QED) is 0.884. The van der Waals surface area contributed by atoms with E-state index < -0.39 is 0 Å². The Balaban J connectivity index is 2.15. The van der Waals surface area contributed by atoms with Gasteiger partial charge < -0.3 is 5.73 Å². The van der Waals surface area contributed by atoms with Gasteiger partial charge in [0.2, 0.25) is 0 Å². The molecule has 2 heteroatoms. The number of rotatable bonds is 4. The highest BCUT2D eigenvalue weighted by molar-refractivity contribution is 5.19. The van der Waals surface area contributed by atoms with Crippen LogP contribution in [0.4, 0.5) is 0 Å². The number of likely N-dealkylation sites (tertiary alicyclic amines) is 1. The first-order valence-electron chi connectivity index (χ1n) is 7.09. The van der Waals surface area contributed by atoms with Crippen molar-refractivity contribution in [1.29, 1.82) is 0 Å². The molecule has 0 aliphatic carbocycles. The molecule has 2 unspecified atom stereocenters. The highest BCUT2D eigenvalue weighted by Gasteiger charge is 2.42. The molecule has 0 saturated carbocycles. The van der Waals surface area contributed by atoms with Crippen LogP contribution in [0, 0.1) is 5.92 Å². The third kappa shape index (κ3) is 2.45. The van der Waals surface area contributed by atoms with Crippen molar-refractivity contribution in [3.63, 3.8) is 0 Å². The van der Waals surface area contributed by atoms with E-state index in [9.17, 15) is 0 Å². The first-order chi connectivity index (χ1) is 8.57. The molecule has 1 fully saturated rings. The second-order valence-corrected chi connectivity index (χ2v) is 6.00. The van der Waals surface area contributed by atoms with Gasteiger partial charge in [-0.1, -0.05) is 30.3 Å². The lowest BCUT2D eigenvalue weighted by atomic mass is 9.85. The fourth-order valence-electron chi connectivity index (χ4n) is 3.47. The van der Waals surface area contributed by atoms with E-state index in [1.807, 2.05) is 0 Å². The van der Waals surface area contributed by atoms with Gasteiger partial charge in [0, 0.05) is 11.6 Å². The lowest BCUT2D eigenvalue weighted by Crippen LogP contribution is -2.44. The first kappa shape index (κ1) is 13.6.